The number of carbonyl (C=O) groups is 1. The highest BCUT2D eigenvalue weighted by atomic mass is 19.1. The van der Waals surface area contributed by atoms with Crippen LogP contribution in [-0.2, 0) is 4.79 Å². The molecule has 1 atom stereocenters. The molecule has 84 valence electrons. The van der Waals surface area contributed by atoms with Crippen LogP contribution in [-0.4, -0.2) is 19.9 Å². The van der Waals surface area contributed by atoms with Gasteiger partial charge in [-0.2, -0.15) is 0 Å². The second-order valence-corrected chi connectivity index (χ2v) is 3.35. The highest BCUT2D eigenvalue weighted by Crippen LogP contribution is 2.18. The Morgan fingerprint density at radius 3 is 2.20 bits per heavy atom. The van der Waals surface area contributed by atoms with E-state index in [-0.39, 0.29) is 17.5 Å². The van der Waals surface area contributed by atoms with Crippen LogP contribution in [0.5, 0.6) is 0 Å². The zero-order valence-corrected chi connectivity index (χ0v) is 9.67. The highest BCUT2D eigenvalue weighted by Gasteiger charge is 2.13. The fraction of sp³-hybridized carbons (Fsp3) is 0.417. The molecule has 0 aliphatic rings. The van der Waals surface area contributed by atoms with Gasteiger partial charge in [-0.25, -0.2) is 4.39 Å². The molecule has 0 saturated carbocycles. The van der Waals surface area contributed by atoms with Gasteiger partial charge in [-0.3, -0.25) is 4.79 Å². The predicted octanol–water partition coefficient (Wildman–Crippen LogP) is 2.35. The van der Waals surface area contributed by atoms with Crippen LogP contribution in [0.4, 0.5) is 4.39 Å². The van der Waals surface area contributed by atoms with Crippen molar-refractivity contribution in [3.05, 3.63) is 35.6 Å². The largest absolute Gasteiger partial charge is 0.323 e. The Hall–Kier alpha value is -1.22. The van der Waals surface area contributed by atoms with Crippen molar-refractivity contribution in [1.82, 2.24) is 5.32 Å². The van der Waals surface area contributed by atoms with E-state index in [2.05, 4.69) is 5.32 Å². The molecular weight excluding hydrogens is 193 g/mol. The second kappa shape index (κ2) is 7.12. The summed E-state index contributed by atoms with van der Waals surface area (Å²) in [5, 5.41) is 2.75. The van der Waals surface area contributed by atoms with Crippen LogP contribution in [0.2, 0.25) is 0 Å². The molecule has 0 spiro atoms. The molecule has 15 heavy (non-hydrogen) atoms. The van der Waals surface area contributed by atoms with E-state index >= 15 is 0 Å². The summed E-state index contributed by atoms with van der Waals surface area (Å²) in [6.45, 7) is 3.18. The van der Waals surface area contributed by atoms with Crippen LogP contribution in [0.25, 0.3) is 0 Å². The Morgan fingerprint density at radius 2 is 1.80 bits per heavy atom. The van der Waals surface area contributed by atoms with Crippen molar-refractivity contribution in [2.24, 2.45) is 0 Å². The molecule has 0 heterocycles. The summed E-state index contributed by atoms with van der Waals surface area (Å²) in [6.07, 6.45) is 0. The van der Waals surface area contributed by atoms with Gasteiger partial charge in [0.15, 0.2) is 0 Å². The summed E-state index contributed by atoms with van der Waals surface area (Å²) in [5.41, 5.74) is 0.477. The van der Waals surface area contributed by atoms with Crippen LogP contribution in [0, 0.1) is 5.82 Å². The number of hydrogen-bond acceptors (Lipinski definition) is 2. The van der Waals surface area contributed by atoms with E-state index in [4.69, 9.17) is 0 Å². The maximum absolute atomic E-state index is 13.0. The van der Waals surface area contributed by atoms with Crippen LogP contribution >= 0.6 is 0 Å². The van der Waals surface area contributed by atoms with Crippen LogP contribution < -0.4 is 5.32 Å². The lowest BCUT2D eigenvalue weighted by Crippen LogP contribution is -2.05. The summed E-state index contributed by atoms with van der Waals surface area (Å²) in [4.78, 5) is 10.9. The van der Waals surface area contributed by atoms with Gasteiger partial charge < -0.3 is 5.32 Å². The highest BCUT2D eigenvalue weighted by molar-refractivity contribution is 5.82. The molecule has 0 bridgehead atoms. The van der Waals surface area contributed by atoms with Gasteiger partial charge in [0.1, 0.15) is 11.6 Å². The van der Waals surface area contributed by atoms with Crippen molar-refractivity contribution in [1.29, 1.82) is 0 Å². The molecule has 0 radical (unpaired) electrons. The first kappa shape index (κ1) is 13.8. The van der Waals surface area contributed by atoms with Crippen LogP contribution in [0.1, 0.15) is 25.3 Å². The van der Waals surface area contributed by atoms with E-state index in [0.717, 1.165) is 0 Å². The normalized spacial score (nSPS) is 11.3. The lowest BCUT2D eigenvalue weighted by molar-refractivity contribution is -0.118. The molecule has 0 aliphatic heterocycles. The number of halogens is 1. The summed E-state index contributed by atoms with van der Waals surface area (Å²) >= 11 is 0. The van der Waals surface area contributed by atoms with Crippen molar-refractivity contribution >= 4 is 5.78 Å². The average Bonchev–Trinajstić information content (AvgIpc) is 2.18. The van der Waals surface area contributed by atoms with Crippen molar-refractivity contribution in [2.75, 3.05) is 14.1 Å². The summed E-state index contributed by atoms with van der Waals surface area (Å²) in [6, 6.07) is 6.36. The van der Waals surface area contributed by atoms with Crippen LogP contribution in [0.3, 0.4) is 0 Å². The molecule has 0 aromatic heterocycles. The third-order valence-electron chi connectivity index (χ3n) is 1.98. The fourth-order valence-corrected chi connectivity index (χ4v) is 1.05. The molecule has 1 rings (SSSR count). The average molecular weight is 211 g/mol. The Labute approximate surface area is 90.5 Å². The van der Waals surface area contributed by atoms with E-state index in [1.807, 2.05) is 14.1 Å². The SMILES string of the molecule is CC(=O)C(C)c1ccccc1F.CNC. The summed E-state index contributed by atoms with van der Waals surface area (Å²) < 4.78 is 13.0. The van der Waals surface area contributed by atoms with E-state index in [0.29, 0.717) is 5.56 Å². The fourth-order valence-electron chi connectivity index (χ4n) is 1.05. The molecule has 1 unspecified atom stereocenters. The Balaban J connectivity index is 0.000000583. The minimum Gasteiger partial charge on any atom is -0.323 e. The van der Waals surface area contributed by atoms with E-state index in [9.17, 15) is 9.18 Å². The second-order valence-electron chi connectivity index (χ2n) is 3.35. The van der Waals surface area contributed by atoms with Crippen LogP contribution in [0.15, 0.2) is 24.3 Å². The standard InChI is InChI=1S/C10H11FO.C2H7N/c1-7(8(2)12)9-5-3-4-6-10(9)11;1-3-2/h3-7H,1-2H3;3H,1-2H3. The monoisotopic (exact) mass is 211 g/mol. The maximum Gasteiger partial charge on any atom is 0.137 e. The van der Waals surface area contributed by atoms with E-state index in [1.165, 1.54) is 13.0 Å². The number of ketones is 1. The van der Waals surface area contributed by atoms with Gasteiger partial charge in [-0.05, 0) is 32.6 Å². The number of benzene rings is 1. The smallest absolute Gasteiger partial charge is 0.137 e. The lowest BCUT2D eigenvalue weighted by Gasteiger charge is -2.07. The molecule has 1 N–H and O–H groups in total. The minimum atomic E-state index is -0.341. The number of rotatable bonds is 2. The zero-order chi connectivity index (χ0) is 11.8. The number of carbonyl (C=O) groups excluding carboxylic acids is 1. The Morgan fingerprint density at radius 1 is 1.33 bits per heavy atom. The zero-order valence-electron chi connectivity index (χ0n) is 9.67. The van der Waals surface area contributed by atoms with Gasteiger partial charge in [0, 0.05) is 5.92 Å². The number of hydrogen-bond donors (Lipinski definition) is 1. The number of nitrogens with one attached hydrogen (secondary N) is 1. The molecule has 0 saturated heterocycles. The summed E-state index contributed by atoms with van der Waals surface area (Å²) in [7, 11) is 3.75. The van der Waals surface area contributed by atoms with Crippen molar-refractivity contribution in [3.8, 4) is 0 Å². The number of Topliss-reactive ketones (excluding diaryl/α,β-unsaturated/α-hetero) is 1. The van der Waals surface area contributed by atoms with Crippen molar-refractivity contribution < 1.29 is 9.18 Å². The first-order chi connectivity index (χ1) is 7.04. The minimum absolute atomic E-state index is 0.0138. The van der Waals surface area contributed by atoms with Gasteiger partial charge in [0.05, 0.1) is 0 Å². The molecule has 2 nitrogen and oxygen atoms in total. The van der Waals surface area contributed by atoms with Gasteiger partial charge >= 0.3 is 0 Å². The molecule has 3 heteroatoms. The molecule has 1 aromatic rings. The maximum atomic E-state index is 13.0. The van der Waals surface area contributed by atoms with Gasteiger partial charge in [-0.15, -0.1) is 0 Å². The van der Waals surface area contributed by atoms with Crippen molar-refractivity contribution in [3.63, 3.8) is 0 Å². The quantitative estimate of drug-likeness (QED) is 0.813. The van der Waals surface area contributed by atoms with Gasteiger partial charge in [0.2, 0.25) is 0 Å². The summed E-state index contributed by atoms with van der Waals surface area (Å²) in [5.74, 6) is -0.661. The first-order valence-corrected chi connectivity index (χ1v) is 4.88. The Bertz CT molecular complexity index is 312. The first-order valence-electron chi connectivity index (χ1n) is 4.88. The molecule has 0 amide bonds. The van der Waals surface area contributed by atoms with E-state index in [1.54, 1.807) is 25.1 Å². The molecule has 0 fully saturated rings. The van der Waals surface area contributed by atoms with Gasteiger partial charge in [-0.1, -0.05) is 25.1 Å². The third kappa shape index (κ3) is 4.70. The molecule has 0 aliphatic carbocycles. The van der Waals surface area contributed by atoms with Gasteiger partial charge in [0.25, 0.3) is 0 Å². The molecule has 1 aromatic carbocycles. The third-order valence-corrected chi connectivity index (χ3v) is 1.98. The Kier molecular flexibility index (Phi) is 6.54. The molecular formula is C12H18FNO. The lowest BCUT2D eigenvalue weighted by atomic mass is 9.97. The van der Waals surface area contributed by atoms with E-state index < -0.39 is 0 Å². The predicted molar refractivity (Wildman–Crippen MR) is 60.5 cm³/mol. The topological polar surface area (TPSA) is 29.1 Å². The van der Waals surface area contributed by atoms with Crippen molar-refractivity contribution in [2.45, 2.75) is 19.8 Å².